The third-order valence-electron chi connectivity index (χ3n) is 4.09. The lowest BCUT2D eigenvalue weighted by Crippen LogP contribution is -2.47. The van der Waals surface area contributed by atoms with Crippen molar-refractivity contribution in [1.82, 2.24) is 4.90 Å². The van der Waals surface area contributed by atoms with Crippen LogP contribution < -0.4 is 0 Å². The third kappa shape index (κ3) is 3.61. The minimum absolute atomic E-state index is 0.178. The van der Waals surface area contributed by atoms with Crippen LogP contribution in [0.15, 0.2) is 0 Å². The van der Waals surface area contributed by atoms with Gasteiger partial charge in [0.05, 0.1) is 5.41 Å². The number of hydrogen-bond donors (Lipinski definition) is 0. The SMILES string of the molecule is CN(C(=O)C(C)(C)CCl)C1CCC(C)(C)CC1. The van der Waals surface area contributed by atoms with Crippen LogP contribution in [0, 0.1) is 10.8 Å². The van der Waals surface area contributed by atoms with E-state index in [9.17, 15) is 4.79 Å². The second kappa shape index (κ2) is 5.17. The summed E-state index contributed by atoms with van der Waals surface area (Å²) in [4.78, 5) is 14.2. The number of nitrogens with zero attached hydrogens (tertiary/aromatic N) is 1. The molecule has 0 unspecified atom stereocenters. The molecule has 0 N–H and O–H groups in total. The van der Waals surface area contributed by atoms with Crippen LogP contribution in [0.2, 0.25) is 0 Å². The molecule has 1 rings (SSSR count). The summed E-state index contributed by atoms with van der Waals surface area (Å²) < 4.78 is 0. The largest absolute Gasteiger partial charge is 0.342 e. The molecule has 100 valence electrons. The smallest absolute Gasteiger partial charge is 0.229 e. The number of amides is 1. The highest BCUT2D eigenvalue weighted by molar-refractivity contribution is 6.19. The fourth-order valence-electron chi connectivity index (χ4n) is 2.47. The minimum atomic E-state index is -0.441. The number of carbonyl (C=O) groups excluding carboxylic acids is 1. The first-order chi connectivity index (χ1) is 7.69. The fraction of sp³-hybridized carbons (Fsp3) is 0.929. The van der Waals surface area contributed by atoms with Gasteiger partial charge in [0, 0.05) is 19.0 Å². The van der Waals surface area contributed by atoms with Gasteiger partial charge in [-0.05, 0) is 44.9 Å². The number of alkyl halides is 1. The van der Waals surface area contributed by atoms with E-state index in [0.29, 0.717) is 17.3 Å². The van der Waals surface area contributed by atoms with E-state index in [-0.39, 0.29) is 5.91 Å². The highest BCUT2D eigenvalue weighted by Gasteiger charge is 2.35. The Morgan fingerprint density at radius 1 is 1.35 bits per heavy atom. The standard InChI is InChI=1S/C14H26ClNO/c1-13(2)8-6-11(7-9-13)16(5)12(17)14(3,4)10-15/h11H,6-10H2,1-5H3. The van der Waals surface area contributed by atoms with Crippen molar-refractivity contribution in [1.29, 1.82) is 0 Å². The molecule has 1 amide bonds. The average Bonchev–Trinajstić information content (AvgIpc) is 2.27. The van der Waals surface area contributed by atoms with Gasteiger partial charge in [0.15, 0.2) is 0 Å². The number of halogens is 1. The van der Waals surface area contributed by atoms with Crippen LogP contribution in [0.1, 0.15) is 53.4 Å². The van der Waals surface area contributed by atoms with Gasteiger partial charge in [-0.25, -0.2) is 0 Å². The lowest BCUT2D eigenvalue weighted by molar-refractivity contribution is -0.141. The summed E-state index contributed by atoms with van der Waals surface area (Å²) in [6.07, 6.45) is 4.65. The van der Waals surface area contributed by atoms with E-state index >= 15 is 0 Å². The van der Waals surface area contributed by atoms with E-state index < -0.39 is 5.41 Å². The maximum absolute atomic E-state index is 12.3. The lowest BCUT2D eigenvalue weighted by atomic mass is 9.75. The Bertz CT molecular complexity index is 276. The van der Waals surface area contributed by atoms with Crippen molar-refractivity contribution in [3.05, 3.63) is 0 Å². The molecule has 1 saturated carbocycles. The maximum Gasteiger partial charge on any atom is 0.229 e. The van der Waals surface area contributed by atoms with Gasteiger partial charge in [-0.2, -0.15) is 0 Å². The lowest BCUT2D eigenvalue weighted by Gasteiger charge is -2.40. The zero-order chi connectivity index (χ0) is 13.3. The van der Waals surface area contributed by atoms with Crippen molar-refractivity contribution in [3.63, 3.8) is 0 Å². The molecule has 2 nitrogen and oxygen atoms in total. The summed E-state index contributed by atoms with van der Waals surface area (Å²) in [6.45, 7) is 8.47. The number of rotatable bonds is 3. The Hall–Kier alpha value is -0.240. The first-order valence-corrected chi connectivity index (χ1v) is 7.06. The summed E-state index contributed by atoms with van der Waals surface area (Å²) in [7, 11) is 1.93. The summed E-state index contributed by atoms with van der Waals surface area (Å²) in [5.74, 6) is 0.561. The number of hydrogen-bond acceptors (Lipinski definition) is 1. The highest BCUT2D eigenvalue weighted by atomic mass is 35.5. The second-order valence-corrected chi connectivity index (χ2v) is 7.10. The molecular weight excluding hydrogens is 234 g/mol. The molecule has 0 saturated heterocycles. The van der Waals surface area contributed by atoms with Crippen LogP contribution in [0.5, 0.6) is 0 Å². The monoisotopic (exact) mass is 259 g/mol. The van der Waals surface area contributed by atoms with Crippen LogP contribution in [-0.4, -0.2) is 29.8 Å². The topological polar surface area (TPSA) is 20.3 Å². The van der Waals surface area contributed by atoms with Crippen molar-refractivity contribution in [2.24, 2.45) is 10.8 Å². The predicted octanol–water partition coefficient (Wildman–Crippen LogP) is 3.68. The van der Waals surface area contributed by atoms with E-state index in [4.69, 9.17) is 11.6 Å². The van der Waals surface area contributed by atoms with Crippen LogP contribution >= 0.6 is 11.6 Å². The van der Waals surface area contributed by atoms with E-state index in [2.05, 4.69) is 13.8 Å². The van der Waals surface area contributed by atoms with Crippen LogP contribution in [0.4, 0.5) is 0 Å². The van der Waals surface area contributed by atoms with Crippen molar-refractivity contribution in [2.45, 2.75) is 59.4 Å². The predicted molar refractivity (Wildman–Crippen MR) is 73.3 cm³/mol. The normalized spacial score (nSPS) is 21.3. The van der Waals surface area contributed by atoms with Gasteiger partial charge in [-0.3, -0.25) is 4.79 Å². The van der Waals surface area contributed by atoms with Crippen LogP contribution in [0.25, 0.3) is 0 Å². The molecule has 1 aliphatic rings. The summed E-state index contributed by atoms with van der Waals surface area (Å²) in [6, 6.07) is 0.401. The van der Waals surface area contributed by atoms with Crippen molar-refractivity contribution < 1.29 is 4.79 Å². The highest BCUT2D eigenvalue weighted by Crippen LogP contribution is 2.37. The van der Waals surface area contributed by atoms with Crippen LogP contribution in [-0.2, 0) is 4.79 Å². The van der Waals surface area contributed by atoms with Gasteiger partial charge in [0.25, 0.3) is 0 Å². The van der Waals surface area contributed by atoms with Crippen molar-refractivity contribution in [2.75, 3.05) is 12.9 Å². The molecule has 0 spiro atoms. The molecule has 1 fully saturated rings. The molecule has 0 bridgehead atoms. The van der Waals surface area contributed by atoms with Crippen molar-refractivity contribution >= 4 is 17.5 Å². The Morgan fingerprint density at radius 2 is 1.82 bits per heavy atom. The Kier molecular flexibility index (Phi) is 4.51. The molecule has 0 aromatic carbocycles. The molecule has 0 atom stereocenters. The Labute approximate surface area is 111 Å². The second-order valence-electron chi connectivity index (χ2n) is 6.83. The average molecular weight is 260 g/mol. The van der Waals surface area contributed by atoms with E-state index in [1.807, 2.05) is 25.8 Å². The molecule has 1 aliphatic carbocycles. The van der Waals surface area contributed by atoms with Gasteiger partial charge in [0.2, 0.25) is 5.91 Å². The van der Waals surface area contributed by atoms with Gasteiger partial charge in [0.1, 0.15) is 0 Å². The first-order valence-electron chi connectivity index (χ1n) is 6.53. The van der Waals surface area contributed by atoms with Crippen LogP contribution in [0.3, 0.4) is 0 Å². The van der Waals surface area contributed by atoms with Crippen molar-refractivity contribution in [3.8, 4) is 0 Å². The Morgan fingerprint density at radius 3 is 2.24 bits per heavy atom. The molecular formula is C14H26ClNO. The molecule has 17 heavy (non-hydrogen) atoms. The zero-order valence-corrected chi connectivity index (χ0v) is 12.6. The zero-order valence-electron chi connectivity index (χ0n) is 11.8. The van der Waals surface area contributed by atoms with E-state index in [1.165, 1.54) is 12.8 Å². The van der Waals surface area contributed by atoms with Gasteiger partial charge < -0.3 is 4.90 Å². The van der Waals surface area contributed by atoms with Gasteiger partial charge in [-0.1, -0.05) is 13.8 Å². The molecule has 0 aliphatic heterocycles. The molecule has 0 aromatic rings. The molecule has 0 radical (unpaired) electrons. The molecule has 3 heteroatoms. The van der Waals surface area contributed by atoms with Gasteiger partial charge >= 0.3 is 0 Å². The van der Waals surface area contributed by atoms with Gasteiger partial charge in [-0.15, -0.1) is 11.6 Å². The quantitative estimate of drug-likeness (QED) is 0.708. The maximum atomic E-state index is 12.3. The summed E-state index contributed by atoms with van der Waals surface area (Å²) in [5.41, 5.74) is 0.00562. The van der Waals surface area contributed by atoms with E-state index in [0.717, 1.165) is 12.8 Å². The third-order valence-corrected chi connectivity index (χ3v) is 4.76. The summed E-state index contributed by atoms with van der Waals surface area (Å²) >= 11 is 5.87. The minimum Gasteiger partial charge on any atom is -0.342 e. The van der Waals surface area contributed by atoms with E-state index in [1.54, 1.807) is 0 Å². The first kappa shape index (κ1) is 14.8. The fourth-order valence-corrected chi connectivity index (χ4v) is 2.59. The summed E-state index contributed by atoms with van der Waals surface area (Å²) in [5, 5.41) is 0. The molecule has 0 heterocycles. The number of carbonyl (C=O) groups is 1. The Balaban J connectivity index is 2.60. The molecule has 0 aromatic heterocycles.